The van der Waals surface area contributed by atoms with Gasteiger partial charge in [-0.1, -0.05) is 48.9 Å². The Kier molecular flexibility index (Phi) is 5.58. The zero-order valence-corrected chi connectivity index (χ0v) is 13.9. The quantitative estimate of drug-likeness (QED) is 0.772. The van der Waals surface area contributed by atoms with Crippen molar-refractivity contribution in [3.63, 3.8) is 0 Å². The largest absolute Gasteiger partial charge is 0.416 e. The maximum atomic E-state index is 12.7. The minimum Gasteiger partial charge on any atom is -0.379 e. The third-order valence-electron chi connectivity index (χ3n) is 4.11. The van der Waals surface area contributed by atoms with Crippen molar-refractivity contribution in [2.45, 2.75) is 37.6 Å². The second-order valence-corrected chi connectivity index (χ2v) is 6.58. The first-order valence-corrected chi connectivity index (χ1v) is 7.84. The SMILES string of the molecule is CC(Cc1ccccc1Cl)(C[C@H](N)O)c1ccc(C(F)(F)F)cc1. The average molecular weight is 358 g/mol. The minimum atomic E-state index is -4.38. The number of nitrogens with two attached hydrogens (primary N) is 1. The van der Waals surface area contributed by atoms with Crippen molar-refractivity contribution in [2.24, 2.45) is 5.73 Å². The van der Waals surface area contributed by atoms with E-state index in [1.807, 2.05) is 19.1 Å². The molecule has 6 heteroatoms. The smallest absolute Gasteiger partial charge is 0.379 e. The first-order chi connectivity index (χ1) is 11.1. The third kappa shape index (κ3) is 4.50. The summed E-state index contributed by atoms with van der Waals surface area (Å²) < 4.78 is 38.2. The Morgan fingerprint density at radius 3 is 2.08 bits per heavy atom. The number of halogens is 4. The molecule has 0 spiro atoms. The average Bonchev–Trinajstić information content (AvgIpc) is 2.48. The van der Waals surface area contributed by atoms with E-state index in [2.05, 4.69) is 0 Å². The van der Waals surface area contributed by atoms with Gasteiger partial charge in [0, 0.05) is 10.4 Å². The van der Waals surface area contributed by atoms with E-state index < -0.39 is 23.4 Å². The zero-order valence-electron chi connectivity index (χ0n) is 13.1. The van der Waals surface area contributed by atoms with Gasteiger partial charge in [0.15, 0.2) is 0 Å². The fourth-order valence-electron chi connectivity index (χ4n) is 2.88. The lowest BCUT2D eigenvalue weighted by atomic mass is 9.74. The Bertz CT molecular complexity index is 685. The summed E-state index contributed by atoms with van der Waals surface area (Å²) in [6.07, 6.45) is -4.82. The van der Waals surface area contributed by atoms with Gasteiger partial charge in [0.1, 0.15) is 6.23 Å². The van der Waals surface area contributed by atoms with E-state index in [-0.39, 0.29) is 6.42 Å². The maximum Gasteiger partial charge on any atom is 0.416 e. The van der Waals surface area contributed by atoms with Gasteiger partial charge >= 0.3 is 6.18 Å². The zero-order chi connectivity index (χ0) is 18.0. The number of rotatable bonds is 5. The molecule has 2 aromatic carbocycles. The van der Waals surface area contributed by atoms with Crippen LogP contribution >= 0.6 is 11.6 Å². The van der Waals surface area contributed by atoms with Gasteiger partial charge in [-0.05, 0) is 42.2 Å². The van der Waals surface area contributed by atoms with E-state index in [0.29, 0.717) is 17.0 Å². The van der Waals surface area contributed by atoms with Crippen molar-refractivity contribution in [3.05, 3.63) is 70.2 Å². The van der Waals surface area contributed by atoms with E-state index in [1.165, 1.54) is 12.1 Å². The summed E-state index contributed by atoms with van der Waals surface area (Å²) in [5.41, 5.74) is 5.71. The monoisotopic (exact) mass is 357 g/mol. The van der Waals surface area contributed by atoms with E-state index in [4.69, 9.17) is 17.3 Å². The molecule has 1 unspecified atom stereocenters. The van der Waals surface area contributed by atoms with Crippen molar-refractivity contribution in [3.8, 4) is 0 Å². The molecule has 24 heavy (non-hydrogen) atoms. The van der Waals surface area contributed by atoms with Crippen LogP contribution in [0, 0.1) is 0 Å². The summed E-state index contributed by atoms with van der Waals surface area (Å²) in [6.45, 7) is 1.86. The molecular formula is C18H19ClF3NO. The van der Waals surface area contributed by atoms with Gasteiger partial charge in [0.2, 0.25) is 0 Å². The van der Waals surface area contributed by atoms with Gasteiger partial charge in [-0.2, -0.15) is 13.2 Å². The highest BCUT2D eigenvalue weighted by molar-refractivity contribution is 6.31. The molecule has 0 aliphatic rings. The molecule has 0 bridgehead atoms. The summed E-state index contributed by atoms with van der Waals surface area (Å²) in [6, 6.07) is 12.2. The highest BCUT2D eigenvalue weighted by atomic mass is 35.5. The summed E-state index contributed by atoms with van der Waals surface area (Å²) in [5.74, 6) is 0. The summed E-state index contributed by atoms with van der Waals surface area (Å²) in [5, 5.41) is 10.2. The van der Waals surface area contributed by atoms with Crippen LogP contribution in [-0.4, -0.2) is 11.3 Å². The normalized spacial score (nSPS) is 15.8. The van der Waals surface area contributed by atoms with Gasteiger partial charge in [0.25, 0.3) is 0 Å². The van der Waals surface area contributed by atoms with Crippen LogP contribution < -0.4 is 5.73 Å². The predicted molar refractivity (Wildman–Crippen MR) is 88.8 cm³/mol. The molecule has 0 saturated heterocycles. The molecule has 0 saturated carbocycles. The second kappa shape index (κ2) is 7.13. The lowest BCUT2D eigenvalue weighted by molar-refractivity contribution is -0.137. The highest BCUT2D eigenvalue weighted by Crippen LogP contribution is 2.36. The first-order valence-electron chi connectivity index (χ1n) is 7.47. The van der Waals surface area contributed by atoms with Crippen molar-refractivity contribution in [1.82, 2.24) is 0 Å². The molecule has 0 aromatic heterocycles. The maximum absolute atomic E-state index is 12.7. The Balaban J connectivity index is 2.38. The van der Waals surface area contributed by atoms with Crippen LogP contribution in [0.15, 0.2) is 48.5 Å². The lowest BCUT2D eigenvalue weighted by Crippen LogP contribution is -2.34. The molecule has 0 amide bonds. The van der Waals surface area contributed by atoms with Crippen LogP contribution in [0.4, 0.5) is 13.2 Å². The first kappa shape index (κ1) is 18.8. The van der Waals surface area contributed by atoms with Crippen LogP contribution in [0.1, 0.15) is 30.0 Å². The van der Waals surface area contributed by atoms with Crippen molar-refractivity contribution in [2.75, 3.05) is 0 Å². The van der Waals surface area contributed by atoms with Crippen LogP contribution in [0.25, 0.3) is 0 Å². The summed E-state index contributed by atoms with van der Waals surface area (Å²) >= 11 is 6.20. The number of alkyl halides is 3. The van der Waals surface area contributed by atoms with E-state index in [1.54, 1.807) is 12.1 Å². The van der Waals surface area contributed by atoms with Gasteiger partial charge in [0.05, 0.1) is 5.56 Å². The predicted octanol–water partition coefficient (Wildman–Crippen LogP) is 4.53. The number of aliphatic hydroxyl groups excluding tert-OH is 1. The molecule has 0 aliphatic carbocycles. The molecule has 0 fully saturated rings. The fourth-order valence-corrected chi connectivity index (χ4v) is 3.08. The molecule has 0 aliphatic heterocycles. The van der Waals surface area contributed by atoms with Crippen molar-refractivity contribution < 1.29 is 18.3 Å². The number of benzene rings is 2. The third-order valence-corrected chi connectivity index (χ3v) is 4.48. The van der Waals surface area contributed by atoms with Crippen LogP contribution in [0.3, 0.4) is 0 Å². The Labute approximate surface area is 144 Å². The van der Waals surface area contributed by atoms with Crippen LogP contribution in [0.2, 0.25) is 5.02 Å². The second-order valence-electron chi connectivity index (χ2n) is 6.18. The molecule has 2 nitrogen and oxygen atoms in total. The van der Waals surface area contributed by atoms with Gasteiger partial charge in [-0.15, -0.1) is 0 Å². The lowest BCUT2D eigenvalue weighted by Gasteiger charge is -2.32. The van der Waals surface area contributed by atoms with Crippen LogP contribution in [0.5, 0.6) is 0 Å². The standard InChI is InChI=1S/C18H19ClF3NO/c1-17(11-16(23)24,10-12-4-2-3-5-15(12)19)13-6-8-14(9-7-13)18(20,21)22/h2-9,16,24H,10-11,23H2,1H3/t16-,17?/m1/s1. The molecule has 2 aromatic rings. The number of hydrogen-bond donors (Lipinski definition) is 2. The topological polar surface area (TPSA) is 46.2 Å². The van der Waals surface area contributed by atoms with E-state index in [9.17, 15) is 18.3 Å². The van der Waals surface area contributed by atoms with E-state index in [0.717, 1.165) is 17.7 Å². The molecule has 2 rings (SSSR count). The molecule has 0 heterocycles. The summed E-state index contributed by atoms with van der Waals surface area (Å²) in [4.78, 5) is 0. The van der Waals surface area contributed by atoms with Crippen LogP contribution in [-0.2, 0) is 18.0 Å². The number of aliphatic hydroxyl groups is 1. The minimum absolute atomic E-state index is 0.198. The molecular weight excluding hydrogens is 339 g/mol. The molecule has 0 radical (unpaired) electrons. The van der Waals surface area contributed by atoms with Gasteiger partial charge in [-0.3, -0.25) is 0 Å². The Hall–Kier alpha value is -1.56. The summed E-state index contributed by atoms with van der Waals surface area (Å²) in [7, 11) is 0. The highest BCUT2D eigenvalue weighted by Gasteiger charge is 2.33. The van der Waals surface area contributed by atoms with Crippen molar-refractivity contribution >= 4 is 11.6 Å². The Morgan fingerprint density at radius 1 is 1.04 bits per heavy atom. The van der Waals surface area contributed by atoms with Crippen molar-refractivity contribution in [1.29, 1.82) is 0 Å². The van der Waals surface area contributed by atoms with Gasteiger partial charge in [-0.25, -0.2) is 0 Å². The molecule has 3 N–H and O–H groups in total. The molecule has 130 valence electrons. The molecule has 2 atom stereocenters. The van der Waals surface area contributed by atoms with E-state index >= 15 is 0 Å². The van der Waals surface area contributed by atoms with Gasteiger partial charge < -0.3 is 10.8 Å². The number of hydrogen-bond acceptors (Lipinski definition) is 2. The fraction of sp³-hybridized carbons (Fsp3) is 0.333. The Morgan fingerprint density at radius 2 is 1.58 bits per heavy atom.